The van der Waals surface area contributed by atoms with Gasteiger partial charge in [-0.2, -0.15) is 0 Å². The molecule has 3 nitrogen and oxygen atoms in total. The highest BCUT2D eigenvalue weighted by Gasteiger charge is 2.15. The maximum Gasteiger partial charge on any atom is 0.220 e. The van der Waals surface area contributed by atoms with E-state index in [1.807, 2.05) is 24.3 Å². The number of para-hydroxylation sites is 1. The lowest BCUT2D eigenvalue weighted by atomic mass is 10.1. The first-order valence-corrected chi connectivity index (χ1v) is 8.43. The molecule has 0 saturated heterocycles. The molecule has 0 saturated carbocycles. The molecule has 3 aromatic rings. The average molecular weight is 346 g/mol. The monoisotopic (exact) mass is 346 g/mol. The molecule has 0 aliphatic heterocycles. The SMILES string of the molecule is CC(NC(=O)CCc1nc2ccccc2s1)c1ccc(F)cc1F. The molecule has 0 aliphatic carbocycles. The molecule has 0 spiro atoms. The number of carbonyl (C=O) groups is 1. The Morgan fingerprint density at radius 1 is 1.25 bits per heavy atom. The van der Waals surface area contributed by atoms with E-state index in [-0.39, 0.29) is 17.9 Å². The van der Waals surface area contributed by atoms with Crippen molar-refractivity contribution in [2.45, 2.75) is 25.8 Å². The minimum absolute atomic E-state index is 0.189. The summed E-state index contributed by atoms with van der Waals surface area (Å²) in [6.45, 7) is 1.67. The number of thiazole rings is 1. The van der Waals surface area contributed by atoms with Gasteiger partial charge in [0.05, 0.1) is 21.3 Å². The van der Waals surface area contributed by atoms with Gasteiger partial charge in [0, 0.05) is 24.5 Å². The molecule has 1 N–H and O–H groups in total. The van der Waals surface area contributed by atoms with E-state index in [0.717, 1.165) is 21.3 Å². The fraction of sp³-hybridized carbons (Fsp3) is 0.222. The van der Waals surface area contributed by atoms with Gasteiger partial charge in [-0.05, 0) is 25.1 Å². The normalized spacial score (nSPS) is 12.3. The van der Waals surface area contributed by atoms with Gasteiger partial charge in [0.1, 0.15) is 11.6 Å². The summed E-state index contributed by atoms with van der Waals surface area (Å²) in [5.74, 6) is -1.48. The van der Waals surface area contributed by atoms with E-state index in [9.17, 15) is 13.6 Å². The molecule has 0 fully saturated rings. The third-order valence-corrected chi connectivity index (χ3v) is 4.81. The molecule has 1 aromatic heterocycles. The molecular formula is C18H16F2N2OS. The average Bonchev–Trinajstić information content (AvgIpc) is 2.95. The Kier molecular flexibility index (Phi) is 4.85. The van der Waals surface area contributed by atoms with Crippen molar-refractivity contribution < 1.29 is 13.6 Å². The lowest BCUT2D eigenvalue weighted by Crippen LogP contribution is -2.27. The van der Waals surface area contributed by atoms with Crippen molar-refractivity contribution in [2.75, 3.05) is 0 Å². The molecule has 24 heavy (non-hydrogen) atoms. The van der Waals surface area contributed by atoms with Crippen LogP contribution in [0.5, 0.6) is 0 Å². The summed E-state index contributed by atoms with van der Waals surface area (Å²) >= 11 is 1.57. The number of aromatic nitrogens is 1. The fourth-order valence-corrected chi connectivity index (χ4v) is 3.46. The van der Waals surface area contributed by atoms with Crippen LogP contribution in [0, 0.1) is 11.6 Å². The van der Waals surface area contributed by atoms with Crippen molar-refractivity contribution >= 4 is 27.5 Å². The second-order valence-electron chi connectivity index (χ2n) is 5.53. The molecule has 124 valence electrons. The van der Waals surface area contributed by atoms with Crippen LogP contribution < -0.4 is 5.32 Å². The highest BCUT2D eigenvalue weighted by Crippen LogP contribution is 2.23. The summed E-state index contributed by atoms with van der Waals surface area (Å²) in [5, 5.41) is 3.63. The Bertz CT molecular complexity index is 845. The van der Waals surface area contributed by atoms with Crippen LogP contribution in [-0.4, -0.2) is 10.9 Å². The quantitative estimate of drug-likeness (QED) is 0.745. The Morgan fingerprint density at radius 3 is 2.79 bits per heavy atom. The fourth-order valence-electron chi connectivity index (χ4n) is 2.49. The van der Waals surface area contributed by atoms with Crippen molar-refractivity contribution in [1.29, 1.82) is 0 Å². The molecule has 3 rings (SSSR count). The highest BCUT2D eigenvalue weighted by molar-refractivity contribution is 7.18. The summed E-state index contributed by atoms with van der Waals surface area (Å²) in [7, 11) is 0. The van der Waals surface area contributed by atoms with Crippen molar-refractivity contribution in [2.24, 2.45) is 0 Å². The lowest BCUT2D eigenvalue weighted by Gasteiger charge is -2.15. The van der Waals surface area contributed by atoms with E-state index in [0.29, 0.717) is 6.42 Å². The number of nitrogens with one attached hydrogen (secondary N) is 1. The zero-order valence-corrected chi connectivity index (χ0v) is 13.9. The Hall–Kier alpha value is -2.34. The first-order chi connectivity index (χ1) is 11.5. The second kappa shape index (κ2) is 7.05. The molecule has 6 heteroatoms. The maximum absolute atomic E-state index is 13.7. The van der Waals surface area contributed by atoms with Gasteiger partial charge in [-0.25, -0.2) is 13.8 Å². The summed E-state index contributed by atoms with van der Waals surface area (Å²) < 4.78 is 27.7. The summed E-state index contributed by atoms with van der Waals surface area (Å²) in [6.07, 6.45) is 0.802. The van der Waals surface area contributed by atoms with Gasteiger partial charge in [-0.3, -0.25) is 4.79 Å². The van der Waals surface area contributed by atoms with E-state index < -0.39 is 17.7 Å². The zero-order valence-electron chi connectivity index (χ0n) is 13.1. The molecule has 1 atom stereocenters. The third kappa shape index (κ3) is 3.76. The van der Waals surface area contributed by atoms with Crippen LogP contribution >= 0.6 is 11.3 Å². The number of fused-ring (bicyclic) bond motifs is 1. The van der Waals surface area contributed by atoms with E-state index in [1.54, 1.807) is 18.3 Å². The zero-order chi connectivity index (χ0) is 17.1. The van der Waals surface area contributed by atoms with Crippen LogP contribution in [0.1, 0.15) is 30.0 Å². The highest BCUT2D eigenvalue weighted by atomic mass is 32.1. The van der Waals surface area contributed by atoms with E-state index >= 15 is 0 Å². The van der Waals surface area contributed by atoms with Crippen LogP contribution in [-0.2, 0) is 11.2 Å². The van der Waals surface area contributed by atoms with Crippen LogP contribution in [0.4, 0.5) is 8.78 Å². The first kappa shape index (κ1) is 16.5. The van der Waals surface area contributed by atoms with Gasteiger partial charge in [-0.15, -0.1) is 11.3 Å². The minimum Gasteiger partial charge on any atom is -0.349 e. The van der Waals surface area contributed by atoms with Gasteiger partial charge >= 0.3 is 0 Å². The molecular weight excluding hydrogens is 330 g/mol. The van der Waals surface area contributed by atoms with Crippen molar-refractivity contribution in [1.82, 2.24) is 10.3 Å². The van der Waals surface area contributed by atoms with Crippen LogP contribution in [0.2, 0.25) is 0 Å². The topological polar surface area (TPSA) is 42.0 Å². The van der Waals surface area contributed by atoms with Crippen molar-refractivity contribution in [3.63, 3.8) is 0 Å². The predicted molar refractivity (Wildman–Crippen MR) is 90.9 cm³/mol. The summed E-state index contributed by atoms with van der Waals surface area (Å²) in [6, 6.07) is 10.6. The van der Waals surface area contributed by atoms with E-state index in [1.165, 1.54) is 12.1 Å². The minimum atomic E-state index is -0.658. The van der Waals surface area contributed by atoms with E-state index in [4.69, 9.17) is 0 Å². The van der Waals surface area contributed by atoms with Gasteiger partial charge in [0.2, 0.25) is 5.91 Å². The van der Waals surface area contributed by atoms with Crippen molar-refractivity contribution in [3.05, 3.63) is 64.7 Å². The molecule has 1 heterocycles. The number of nitrogens with zero attached hydrogens (tertiary/aromatic N) is 1. The first-order valence-electron chi connectivity index (χ1n) is 7.61. The standard InChI is InChI=1S/C18H16F2N2OS/c1-11(13-7-6-12(19)10-14(13)20)21-17(23)8-9-18-22-15-4-2-3-5-16(15)24-18/h2-7,10-11H,8-9H2,1H3,(H,21,23). The Morgan fingerprint density at radius 2 is 2.04 bits per heavy atom. The summed E-state index contributed by atoms with van der Waals surface area (Å²) in [4.78, 5) is 16.5. The second-order valence-corrected chi connectivity index (χ2v) is 6.65. The number of hydrogen-bond donors (Lipinski definition) is 1. The van der Waals surface area contributed by atoms with Crippen LogP contribution in [0.3, 0.4) is 0 Å². The molecule has 1 unspecified atom stereocenters. The Balaban J connectivity index is 1.58. The number of hydrogen-bond acceptors (Lipinski definition) is 3. The van der Waals surface area contributed by atoms with Gasteiger partial charge in [0.25, 0.3) is 0 Å². The number of benzene rings is 2. The van der Waals surface area contributed by atoms with Gasteiger partial charge in [-0.1, -0.05) is 18.2 Å². The van der Waals surface area contributed by atoms with Gasteiger partial charge in [0.15, 0.2) is 0 Å². The molecule has 0 radical (unpaired) electrons. The number of aryl methyl sites for hydroxylation is 1. The largest absolute Gasteiger partial charge is 0.349 e. The number of carbonyl (C=O) groups excluding carboxylic acids is 1. The third-order valence-electron chi connectivity index (χ3n) is 3.71. The van der Waals surface area contributed by atoms with Crippen molar-refractivity contribution in [3.8, 4) is 0 Å². The van der Waals surface area contributed by atoms with Gasteiger partial charge < -0.3 is 5.32 Å². The van der Waals surface area contributed by atoms with Crippen LogP contribution in [0.15, 0.2) is 42.5 Å². The number of halogens is 2. The Labute approximate surface area is 142 Å². The molecule has 1 amide bonds. The molecule has 2 aromatic carbocycles. The predicted octanol–water partition coefficient (Wildman–Crippen LogP) is 4.38. The number of rotatable bonds is 5. The summed E-state index contributed by atoms with van der Waals surface area (Å²) in [5.41, 5.74) is 1.20. The number of amides is 1. The smallest absolute Gasteiger partial charge is 0.220 e. The van der Waals surface area contributed by atoms with E-state index in [2.05, 4.69) is 10.3 Å². The molecule has 0 aliphatic rings. The molecule has 0 bridgehead atoms. The maximum atomic E-state index is 13.7. The lowest BCUT2D eigenvalue weighted by molar-refractivity contribution is -0.121. The van der Waals surface area contributed by atoms with Crippen LogP contribution in [0.25, 0.3) is 10.2 Å².